The molecule has 1 aromatic rings. The van der Waals surface area contributed by atoms with Crippen LogP contribution >= 0.6 is 0 Å². The maximum absolute atomic E-state index is 6.37. The number of aliphatic imine (C=N–C) groups is 1. The molecule has 0 amide bonds. The summed E-state index contributed by atoms with van der Waals surface area (Å²) in [4.78, 5) is 7.19. The lowest BCUT2D eigenvalue weighted by molar-refractivity contribution is 0.150. The van der Waals surface area contributed by atoms with Gasteiger partial charge in [-0.1, -0.05) is 25.0 Å². The molecule has 2 saturated carbocycles. The van der Waals surface area contributed by atoms with E-state index in [9.17, 15) is 0 Å². The molecule has 3 fully saturated rings. The highest BCUT2D eigenvalue weighted by Gasteiger charge is 2.27. The second-order valence-electron chi connectivity index (χ2n) is 9.29. The molecule has 1 heterocycles. The van der Waals surface area contributed by atoms with Crippen molar-refractivity contribution in [2.75, 3.05) is 27.2 Å². The van der Waals surface area contributed by atoms with Crippen LogP contribution in [0.3, 0.4) is 0 Å². The minimum Gasteiger partial charge on any atom is -0.493 e. The van der Waals surface area contributed by atoms with Gasteiger partial charge in [0.2, 0.25) is 0 Å². The Morgan fingerprint density at radius 3 is 2.42 bits per heavy atom. The number of hydrogen-bond acceptors (Lipinski definition) is 4. The minimum absolute atomic E-state index is 0.303. The minimum atomic E-state index is 0.303. The second kappa shape index (κ2) is 11.1. The number of nitrogens with zero attached hydrogens (tertiary/aromatic N) is 2. The molecule has 31 heavy (non-hydrogen) atoms. The molecule has 0 unspecified atom stereocenters. The van der Waals surface area contributed by atoms with Crippen LogP contribution in [0.15, 0.2) is 23.2 Å². The van der Waals surface area contributed by atoms with Gasteiger partial charge in [-0.3, -0.25) is 4.99 Å². The predicted molar refractivity (Wildman–Crippen MR) is 126 cm³/mol. The largest absolute Gasteiger partial charge is 0.493 e. The molecule has 0 atom stereocenters. The third-order valence-electron chi connectivity index (χ3n) is 7.25. The molecule has 172 valence electrons. The average Bonchev–Trinajstić information content (AvgIpc) is 3.52. The summed E-state index contributed by atoms with van der Waals surface area (Å²) in [5.74, 6) is 2.56. The van der Waals surface area contributed by atoms with Gasteiger partial charge < -0.3 is 25.0 Å². The Bertz CT molecular complexity index is 718. The Morgan fingerprint density at radius 1 is 1.03 bits per heavy atom. The van der Waals surface area contributed by atoms with Gasteiger partial charge in [-0.2, -0.15) is 0 Å². The summed E-state index contributed by atoms with van der Waals surface area (Å²) >= 11 is 0. The lowest BCUT2D eigenvalue weighted by Crippen LogP contribution is -2.50. The smallest absolute Gasteiger partial charge is 0.191 e. The Kier molecular flexibility index (Phi) is 7.95. The van der Waals surface area contributed by atoms with Crippen LogP contribution < -0.4 is 20.1 Å². The highest BCUT2D eigenvalue weighted by Crippen LogP contribution is 2.35. The summed E-state index contributed by atoms with van der Waals surface area (Å²) in [6.07, 6.45) is 13.1. The maximum Gasteiger partial charge on any atom is 0.191 e. The van der Waals surface area contributed by atoms with E-state index in [0.29, 0.717) is 18.7 Å². The first kappa shape index (κ1) is 22.3. The molecule has 1 aliphatic heterocycles. The fraction of sp³-hybridized carbons (Fsp3) is 0.720. The van der Waals surface area contributed by atoms with Gasteiger partial charge in [0.15, 0.2) is 17.5 Å². The van der Waals surface area contributed by atoms with Gasteiger partial charge >= 0.3 is 0 Å². The lowest BCUT2D eigenvalue weighted by Gasteiger charge is -2.36. The number of ether oxygens (including phenoxy) is 2. The Labute approximate surface area is 187 Å². The van der Waals surface area contributed by atoms with E-state index in [1.54, 1.807) is 7.11 Å². The fourth-order valence-electron chi connectivity index (χ4n) is 5.41. The molecule has 3 aliphatic rings. The molecule has 4 rings (SSSR count). The van der Waals surface area contributed by atoms with Crippen molar-refractivity contribution in [1.82, 2.24) is 15.5 Å². The van der Waals surface area contributed by atoms with Crippen LogP contribution in [0.5, 0.6) is 11.5 Å². The van der Waals surface area contributed by atoms with Crippen LogP contribution in [-0.2, 0) is 6.54 Å². The molecular weight excluding hydrogens is 388 g/mol. The molecule has 6 heteroatoms. The van der Waals surface area contributed by atoms with E-state index in [4.69, 9.17) is 9.47 Å². The Hall–Kier alpha value is -1.95. The Balaban J connectivity index is 1.30. The molecule has 0 radical (unpaired) electrons. The van der Waals surface area contributed by atoms with E-state index >= 15 is 0 Å². The lowest BCUT2D eigenvalue weighted by atomic mass is 10.0. The molecule has 0 bridgehead atoms. The average molecular weight is 429 g/mol. The van der Waals surface area contributed by atoms with Gasteiger partial charge in [-0.25, -0.2) is 0 Å². The first-order valence-corrected chi connectivity index (χ1v) is 12.3. The van der Waals surface area contributed by atoms with Gasteiger partial charge in [-0.05, 0) is 57.4 Å². The van der Waals surface area contributed by atoms with Gasteiger partial charge in [0, 0.05) is 44.3 Å². The third-order valence-corrected chi connectivity index (χ3v) is 7.25. The van der Waals surface area contributed by atoms with Gasteiger partial charge in [0.1, 0.15) is 0 Å². The molecular formula is C25H40N4O2. The number of likely N-dealkylation sites (tertiary alicyclic amines) is 1. The maximum atomic E-state index is 6.37. The fourth-order valence-corrected chi connectivity index (χ4v) is 5.41. The monoisotopic (exact) mass is 428 g/mol. The number of methoxy groups -OCH3 is 1. The van der Waals surface area contributed by atoms with Crippen molar-refractivity contribution in [2.24, 2.45) is 4.99 Å². The predicted octanol–water partition coefficient (Wildman–Crippen LogP) is 4.09. The van der Waals surface area contributed by atoms with Crippen LogP contribution in [0.25, 0.3) is 0 Å². The van der Waals surface area contributed by atoms with E-state index in [1.165, 1.54) is 64.5 Å². The van der Waals surface area contributed by atoms with Crippen molar-refractivity contribution in [1.29, 1.82) is 0 Å². The highest BCUT2D eigenvalue weighted by atomic mass is 16.5. The van der Waals surface area contributed by atoms with Crippen molar-refractivity contribution in [3.05, 3.63) is 23.8 Å². The summed E-state index contributed by atoms with van der Waals surface area (Å²) in [6, 6.07) is 7.46. The number of piperidine rings is 1. The van der Waals surface area contributed by atoms with Crippen molar-refractivity contribution in [3.63, 3.8) is 0 Å². The van der Waals surface area contributed by atoms with E-state index in [2.05, 4.69) is 26.6 Å². The standard InChI is InChI=1S/C25H40N4O2/c1-26-25(28-20-14-16-29(17-15-20)21-9-3-4-10-21)27-18-19-8-7-13-23(30-2)24(19)31-22-11-5-6-12-22/h7-8,13,20-22H,3-6,9-12,14-18H2,1-2H3,(H2,26,27,28). The summed E-state index contributed by atoms with van der Waals surface area (Å²) in [7, 11) is 3.57. The SMILES string of the molecule is CN=C(NCc1cccc(OC)c1OC1CCCC1)NC1CCN(C2CCCC2)CC1. The summed E-state index contributed by atoms with van der Waals surface area (Å²) < 4.78 is 12.0. The molecule has 1 saturated heterocycles. The van der Waals surface area contributed by atoms with Crippen LogP contribution in [0.4, 0.5) is 0 Å². The third kappa shape index (κ3) is 5.85. The number of nitrogens with one attached hydrogen (secondary N) is 2. The molecule has 0 aromatic heterocycles. The summed E-state index contributed by atoms with van der Waals surface area (Å²) in [5.41, 5.74) is 1.12. The van der Waals surface area contributed by atoms with Crippen LogP contribution in [0.1, 0.15) is 69.8 Å². The zero-order valence-corrected chi connectivity index (χ0v) is 19.4. The van der Waals surface area contributed by atoms with E-state index in [0.717, 1.165) is 41.9 Å². The highest BCUT2D eigenvalue weighted by molar-refractivity contribution is 5.80. The van der Waals surface area contributed by atoms with Crippen molar-refractivity contribution < 1.29 is 9.47 Å². The number of benzene rings is 1. The zero-order valence-electron chi connectivity index (χ0n) is 19.4. The topological polar surface area (TPSA) is 58.1 Å². The first-order chi connectivity index (χ1) is 15.3. The van der Waals surface area contributed by atoms with E-state index in [-0.39, 0.29) is 0 Å². The van der Waals surface area contributed by atoms with Crippen LogP contribution in [0, 0.1) is 0 Å². The van der Waals surface area contributed by atoms with Crippen molar-refractivity contribution >= 4 is 5.96 Å². The Morgan fingerprint density at radius 2 is 1.74 bits per heavy atom. The number of rotatable bonds is 7. The van der Waals surface area contributed by atoms with Crippen LogP contribution in [0.2, 0.25) is 0 Å². The van der Waals surface area contributed by atoms with Crippen LogP contribution in [-0.4, -0.2) is 56.3 Å². The molecule has 2 aliphatic carbocycles. The van der Waals surface area contributed by atoms with Crippen molar-refractivity contribution in [3.8, 4) is 11.5 Å². The van der Waals surface area contributed by atoms with Gasteiger partial charge in [0.05, 0.1) is 13.2 Å². The summed E-state index contributed by atoms with van der Waals surface area (Å²) in [6.45, 7) is 3.07. The molecule has 0 spiro atoms. The molecule has 1 aromatic carbocycles. The molecule has 2 N–H and O–H groups in total. The second-order valence-corrected chi connectivity index (χ2v) is 9.29. The van der Waals surface area contributed by atoms with Gasteiger partial charge in [0.25, 0.3) is 0 Å². The molecule has 6 nitrogen and oxygen atoms in total. The van der Waals surface area contributed by atoms with E-state index in [1.807, 2.05) is 19.2 Å². The normalized spacial score (nSPS) is 22.1. The first-order valence-electron chi connectivity index (χ1n) is 12.3. The number of hydrogen-bond donors (Lipinski definition) is 2. The van der Waals surface area contributed by atoms with Crippen molar-refractivity contribution in [2.45, 2.75) is 88.9 Å². The summed E-state index contributed by atoms with van der Waals surface area (Å²) in [5, 5.41) is 7.15. The van der Waals surface area contributed by atoms with E-state index < -0.39 is 0 Å². The van der Waals surface area contributed by atoms with Gasteiger partial charge in [-0.15, -0.1) is 0 Å². The quantitative estimate of drug-likeness (QED) is 0.506. The number of para-hydroxylation sites is 1. The number of guanidine groups is 1. The zero-order chi connectivity index (χ0) is 21.5.